The minimum atomic E-state index is -0.204. The maximum absolute atomic E-state index is 11.5. The lowest BCUT2D eigenvalue weighted by Crippen LogP contribution is -2.07. The summed E-state index contributed by atoms with van der Waals surface area (Å²) in [6, 6.07) is 9.64. The molecule has 1 amide bonds. The second-order valence-electron chi connectivity index (χ2n) is 3.38. The molecule has 0 radical (unpaired) electrons. The van der Waals surface area contributed by atoms with E-state index in [-0.39, 0.29) is 5.91 Å². The number of anilines is 1. The molecule has 0 saturated heterocycles. The molecule has 0 aliphatic carbocycles. The predicted molar refractivity (Wildman–Crippen MR) is 68.8 cm³/mol. The zero-order valence-corrected chi connectivity index (χ0v) is 10.1. The second kappa shape index (κ2) is 5.36. The minimum absolute atomic E-state index is 0.204. The van der Waals surface area contributed by atoms with E-state index in [2.05, 4.69) is 14.7 Å². The summed E-state index contributed by atoms with van der Waals surface area (Å²) in [5.41, 5.74) is 0.982. The predicted octanol–water partition coefficient (Wildman–Crippen LogP) is 2.50. The zero-order valence-electron chi connectivity index (χ0n) is 9.25. The molecule has 0 spiro atoms. The first kappa shape index (κ1) is 11.5. The van der Waals surface area contributed by atoms with Crippen LogP contribution in [-0.2, 0) is 4.79 Å². The molecular formula is C12H11N3OS. The number of carbonyl (C=O) groups is 1. The lowest BCUT2D eigenvalue weighted by Gasteiger charge is -1.94. The van der Waals surface area contributed by atoms with Crippen molar-refractivity contribution < 1.29 is 4.79 Å². The van der Waals surface area contributed by atoms with Gasteiger partial charge in [0.05, 0.1) is 0 Å². The van der Waals surface area contributed by atoms with Crippen molar-refractivity contribution in [3.63, 3.8) is 0 Å². The number of benzene rings is 1. The highest BCUT2D eigenvalue weighted by Crippen LogP contribution is 2.10. The minimum Gasteiger partial charge on any atom is -0.297 e. The van der Waals surface area contributed by atoms with E-state index in [1.165, 1.54) is 17.6 Å². The Kier molecular flexibility index (Phi) is 3.62. The Morgan fingerprint density at radius 3 is 2.76 bits per heavy atom. The average Bonchev–Trinajstić information content (AvgIpc) is 2.73. The van der Waals surface area contributed by atoms with Crippen LogP contribution in [0.25, 0.3) is 6.08 Å². The molecule has 1 heterocycles. The summed E-state index contributed by atoms with van der Waals surface area (Å²) in [6.45, 7) is 1.78. The van der Waals surface area contributed by atoms with E-state index < -0.39 is 0 Å². The molecule has 4 nitrogen and oxygen atoms in total. The lowest BCUT2D eigenvalue weighted by molar-refractivity contribution is -0.111. The van der Waals surface area contributed by atoms with Crippen molar-refractivity contribution in [2.24, 2.45) is 0 Å². The van der Waals surface area contributed by atoms with Crippen molar-refractivity contribution in [2.75, 3.05) is 5.32 Å². The summed E-state index contributed by atoms with van der Waals surface area (Å²) < 4.78 is 3.98. The number of hydrogen-bond acceptors (Lipinski definition) is 4. The monoisotopic (exact) mass is 245 g/mol. The molecule has 2 rings (SSSR count). The van der Waals surface area contributed by atoms with E-state index in [0.717, 1.165) is 5.56 Å². The van der Waals surface area contributed by atoms with Crippen molar-refractivity contribution in [1.29, 1.82) is 0 Å². The Bertz CT molecular complexity index is 534. The number of carbonyl (C=O) groups excluding carboxylic acids is 1. The van der Waals surface area contributed by atoms with E-state index in [0.29, 0.717) is 11.0 Å². The molecule has 86 valence electrons. The highest BCUT2D eigenvalue weighted by atomic mass is 32.1. The number of aromatic nitrogens is 2. The average molecular weight is 245 g/mol. The maximum atomic E-state index is 11.5. The Balaban J connectivity index is 1.96. The first-order valence-electron chi connectivity index (χ1n) is 5.08. The van der Waals surface area contributed by atoms with Crippen LogP contribution in [0.3, 0.4) is 0 Å². The first-order valence-corrected chi connectivity index (χ1v) is 5.86. The third kappa shape index (κ3) is 3.49. The third-order valence-electron chi connectivity index (χ3n) is 1.98. The van der Waals surface area contributed by atoms with Crippen LogP contribution in [0, 0.1) is 6.92 Å². The Morgan fingerprint density at radius 2 is 2.12 bits per heavy atom. The molecular weight excluding hydrogens is 234 g/mol. The van der Waals surface area contributed by atoms with Gasteiger partial charge in [-0.3, -0.25) is 10.1 Å². The molecule has 1 N–H and O–H groups in total. The van der Waals surface area contributed by atoms with Gasteiger partial charge in [-0.05, 0) is 18.6 Å². The molecule has 0 aliphatic heterocycles. The SMILES string of the molecule is Cc1nsc(NC(=O)/C=C/c2ccccc2)n1. The standard InChI is InChI=1S/C12H11N3OS/c1-9-13-12(17-15-9)14-11(16)8-7-10-5-3-2-4-6-10/h2-8H,1H3,(H,13,14,15,16)/b8-7+. The molecule has 5 heteroatoms. The summed E-state index contributed by atoms with van der Waals surface area (Å²) in [6.07, 6.45) is 3.23. The molecule has 17 heavy (non-hydrogen) atoms. The first-order chi connectivity index (χ1) is 8.24. The van der Waals surface area contributed by atoms with Crippen LogP contribution in [0.5, 0.6) is 0 Å². The van der Waals surface area contributed by atoms with E-state index in [4.69, 9.17) is 0 Å². The highest BCUT2D eigenvalue weighted by molar-refractivity contribution is 7.09. The van der Waals surface area contributed by atoms with Gasteiger partial charge in [0.1, 0.15) is 5.82 Å². The summed E-state index contributed by atoms with van der Waals surface area (Å²) >= 11 is 1.17. The molecule has 0 atom stereocenters. The number of nitrogens with zero attached hydrogens (tertiary/aromatic N) is 2. The van der Waals surface area contributed by atoms with E-state index >= 15 is 0 Å². The molecule has 0 fully saturated rings. The van der Waals surface area contributed by atoms with Crippen molar-refractivity contribution in [2.45, 2.75) is 6.92 Å². The summed E-state index contributed by atoms with van der Waals surface area (Å²) in [4.78, 5) is 15.6. The van der Waals surface area contributed by atoms with Crippen LogP contribution < -0.4 is 5.32 Å². The van der Waals surface area contributed by atoms with Crippen LogP contribution in [0.2, 0.25) is 0 Å². The Labute approximate surface area is 103 Å². The number of amides is 1. The summed E-state index contributed by atoms with van der Waals surface area (Å²) in [5, 5.41) is 3.17. The number of hydrogen-bond donors (Lipinski definition) is 1. The fourth-order valence-corrected chi connectivity index (χ4v) is 1.81. The fourth-order valence-electron chi connectivity index (χ4n) is 1.23. The van der Waals surface area contributed by atoms with Crippen molar-refractivity contribution >= 4 is 28.6 Å². The summed E-state index contributed by atoms with van der Waals surface area (Å²) in [7, 11) is 0. The van der Waals surface area contributed by atoms with Gasteiger partial charge in [0.25, 0.3) is 0 Å². The van der Waals surface area contributed by atoms with Gasteiger partial charge < -0.3 is 0 Å². The summed E-state index contributed by atoms with van der Waals surface area (Å²) in [5.74, 6) is 0.461. The second-order valence-corrected chi connectivity index (χ2v) is 4.13. The van der Waals surface area contributed by atoms with E-state index in [9.17, 15) is 4.79 Å². The van der Waals surface area contributed by atoms with Gasteiger partial charge in [0.2, 0.25) is 11.0 Å². The molecule has 1 aromatic heterocycles. The highest BCUT2D eigenvalue weighted by Gasteiger charge is 2.02. The van der Waals surface area contributed by atoms with Crippen LogP contribution in [0.4, 0.5) is 5.13 Å². The lowest BCUT2D eigenvalue weighted by atomic mass is 10.2. The zero-order chi connectivity index (χ0) is 12.1. The maximum Gasteiger partial charge on any atom is 0.250 e. The van der Waals surface area contributed by atoms with Gasteiger partial charge in [0, 0.05) is 17.6 Å². The smallest absolute Gasteiger partial charge is 0.250 e. The molecule has 2 aromatic rings. The van der Waals surface area contributed by atoms with Gasteiger partial charge in [-0.2, -0.15) is 4.37 Å². The normalized spacial score (nSPS) is 10.6. The largest absolute Gasteiger partial charge is 0.297 e. The molecule has 0 bridgehead atoms. The van der Waals surface area contributed by atoms with Crippen LogP contribution >= 0.6 is 11.5 Å². The molecule has 0 aliphatic rings. The van der Waals surface area contributed by atoms with Gasteiger partial charge in [-0.1, -0.05) is 30.3 Å². The Morgan fingerprint density at radius 1 is 1.35 bits per heavy atom. The molecule has 0 saturated carbocycles. The van der Waals surface area contributed by atoms with Gasteiger partial charge in [0.15, 0.2) is 0 Å². The van der Waals surface area contributed by atoms with Crippen molar-refractivity contribution in [3.05, 3.63) is 47.8 Å². The molecule has 0 unspecified atom stereocenters. The number of nitrogens with one attached hydrogen (secondary N) is 1. The van der Waals surface area contributed by atoms with Crippen LogP contribution in [0.15, 0.2) is 36.4 Å². The van der Waals surface area contributed by atoms with Crippen LogP contribution in [0.1, 0.15) is 11.4 Å². The van der Waals surface area contributed by atoms with Crippen molar-refractivity contribution in [3.8, 4) is 0 Å². The van der Waals surface area contributed by atoms with Gasteiger partial charge >= 0.3 is 0 Å². The third-order valence-corrected chi connectivity index (χ3v) is 2.71. The van der Waals surface area contributed by atoms with Gasteiger partial charge in [-0.15, -0.1) is 0 Å². The van der Waals surface area contributed by atoms with E-state index in [1.54, 1.807) is 13.0 Å². The van der Waals surface area contributed by atoms with Crippen molar-refractivity contribution in [1.82, 2.24) is 9.36 Å². The van der Waals surface area contributed by atoms with Crippen LogP contribution in [-0.4, -0.2) is 15.3 Å². The molecule has 1 aromatic carbocycles. The van der Waals surface area contributed by atoms with Gasteiger partial charge in [-0.25, -0.2) is 4.98 Å². The quantitative estimate of drug-likeness (QED) is 0.845. The fraction of sp³-hybridized carbons (Fsp3) is 0.0833. The number of rotatable bonds is 3. The Hall–Kier alpha value is -2.01. The topological polar surface area (TPSA) is 54.9 Å². The van der Waals surface area contributed by atoms with E-state index in [1.807, 2.05) is 30.3 Å². The number of aryl methyl sites for hydroxylation is 1.